The third kappa shape index (κ3) is 5.22. The van der Waals surface area contributed by atoms with E-state index in [1.54, 1.807) is 7.11 Å². The van der Waals surface area contributed by atoms with Crippen LogP contribution in [0.2, 0.25) is 0 Å². The minimum Gasteiger partial charge on any atom is -0.497 e. The summed E-state index contributed by atoms with van der Waals surface area (Å²) in [4.78, 5) is 11.7. The van der Waals surface area contributed by atoms with E-state index in [-0.39, 0.29) is 23.5 Å². The Morgan fingerprint density at radius 1 is 1.36 bits per heavy atom. The van der Waals surface area contributed by atoms with E-state index in [0.717, 1.165) is 11.3 Å². The Balaban J connectivity index is 1.65. The van der Waals surface area contributed by atoms with Crippen molar-refractivity contribution in [1.82, 2.24) is 10.6 Å². The first-order valence-electron chi connectivity index (χ1n) is 7.33. The van der Waals surface area contributed by atoms with Crippen LogP contribution in [0, 0.1) is 5.92 Å². The summed E-state index contributed by atoms with van der Waals surface area (Å²) in [7, 11) is -1.27. The molecule has 1 atom stereocenters. The van der Waals surface area contributed by atoms with Gasteiger partial charge in [0.25, 0.3) is 0 Å². The number of sulfone groups is 1. The number of hydrogen-bond donors (Lipinski definition) is 2. The zero-order valence-corrected chi connectivity index (χ0v) is 13.5. The highest BCUT2D eigenvalue weighted by Crippen LogP contribution is 2.17. The summed E-state index contributed by atoms with van der Waals surface area (Å²) in [6, 6.07) is 7.44. The summed E-state index contributed by atoms with van der Waals surface area (Å²) in [6.45, 7) is 0.923. The molecule has 0 saturated carbocycles. The van der Waals surface area contributed by atoms with E-state index in [0.29, 0.717) is 25.9 Å². The summed E-state index contributed by atoms with van der Waals surface area (Å²) < 4.78 is 27.8. The number of nitrogens with one attached hydrogen (secondary N) is 2. The Hall–Kier alpha value is -1.76. The van der Waals surface area contributed by atoms with Crippen LogP contribution in [0.25, 0.3) is 0 Å². The van der Waals surface area contributed by atoms with E-state index >= 15 is 0 Å². The lowest BCUT2D eigenvalue weighted by Gasteiger charge is -2.11. The lowest BCUT2D eigenvalue weighted by atomic mass is 10.1. The first-order chi connectivity index (χ1) is 10.5. The molecule has 1 saturated heterocycles. The smallest absolute Gasteiger partial charge is 0.314 e. The number of urea groups is 1. The molecule has 2 rings (SSSR count). The number of amides is 2. The molecule has 6 nitrogen and oxygen atoms in total. The van der Waals surface area contributed by atoms with E-state index < -0.39 is 9.84 Å². The topological polar surface area (TPSA) is 84.5 Å². The molecule has 0 bridgehead atoms. The van der Waals surface area contributed by atoms with Gasteiger partial charge in [0.1, 0.15) is 5.75 Å². The van der Waals surface area contributed by atoms with Gasteiger partial charge in [-0.2, -0.15) is 0 Å². The quantitative estimate of drug-likeness (QED) is 0.816. The average molecular weight is 326 g/mol. The van der Waals surface area contributed by atoms with Crippen LogP contribution in [-0.4, -0.2) is 46.2 Å². The van der Waals surface area contributed by atoms with Gasteiger partial charge in [0, 0.05) is 13.1 Å². The Labute approximate surface area is 131 Å². The standard InChI is InChI=1S/C15H22N2O4S/c1-21-14-4-2-3-12(9-14)5-7-16-15(18)17-10-13-6-8-22(19,20)11-13/h2-4,9,13H,5-8,10-11H2,1H3,(H2,16,17,18)/t13-/m0/s1. The Bertz CT molecular complexity index is 616. The molecule has 1 fully saturated rings. The molecule has 2 amide bonds. The van der Waals surface area contributed by atoms with Crippen molar-refractivity contribution in [3.05, 3.63) is 29.8 Å². The van der Waals surface area contributed by atoms with Gasteiger partial charge < -0.3 is 15.4 Å². The molecule has 1 aromatic carbocycles. The van der Waals surface area contributed by atoms with Gasteiger partial charge in [-0.1, -0.05) is 12.1 Å². The molecule has 0 unspecified atom stereocenters. The second-order valence-corrected chi connectivity index (χ2v) is 7.74. The van der Waals surface area contributed by atoms with E-state index in [9.17, 15) is 13.2 Å². The molecule has 1 heterocycles. The van der Waals surface area contributed by atoms with Crippen LogP contribution < -0.4 is 15.4 Å². The molecular formula is C15H22N2O4S. The molecule has 2 N–H and O–H groups in total. The van der Waals surface area contributed by atoms with Crippen LogP contribution in [0.15, 0.2) is 24.3 Å². The number of rotatable bonds is 6. The average Bonchev–Trinajstić information content (AvgIpc) is 2.85. The van der Waals surface area contributed by atoms with Crippen LogP contribution in [-0.2, 0) is 16.3 Å². The number of methoxy groups -OCH3 is 1. The van der Waals surface area contributed by atoms with Crippen LogP contribution in [0.3, 0.4) is 0 Å². The zero-order valence-electron chi connectivity index (χ0n) is 12.7. The van der Waals surface area contributed by atoms with Gasteiger partial charge >= 0.3 is 6.03 Å². The van der Waals surface area contributed by atoms with Gasteiger partial charge in [-0.15, -0.1) is 0 Å². The summed E-state index contributed by atoms with van der Waals surface area (Å²) in [5, 5.41) is 5.51. The fourth-order valence-electron chi connectivity index (χ4n) is 2.48. The first kappa shape index (κ1) is 16.6. The highest BCUT2D eigenvalue weighted by molar-refractivity contribution is 7.91. The van der Waals surface area contributed by atoms with Crippen LogP contribution in [0.5, 0.6) is 5.75 Å². The maximum absolute atomic E-state index is 11.7. The molecule has 122 valence electrons. The van der Waals surface area contributed by atoms with Gasteiger partial charge in [0.2, 0.25) is 0 Å². The normalized spacial score (nSPS) is 19.6. The highest BCUT2D eigenvalue weighted by atomic mass is 32.2. The van der Waals surface area contributed by atoms with E-state index in [1.807, 2.05) is 24.3 Å². The number of carbonyl (C=O) groups excluding carboxylic acids is 1. The zero-order chi connectivity index (χ0) is 16.0. The maximum Gasteiger partial charge on any atom is 0.314 e. The van der Waals surface area contributed by atoms with Gasteiger partial charge in [-0.3, -0.25) is 0 Å². The molecule has 0 radical (unpaired) electrons. The second kappa shape index (κ2) is 7.49. The molecule has 0 spiro atoms. The molecule has 1 aliphatic rings. The van der Waals surface area contributed by atoms with Crippen molar-refractivity contribution in [2.45, 2.75) is 12.8 Å². The fourth-order valence-corrected chi connectivity index (χ4v) is 4.34. The minimum atomic E-state index is -2.89. The van der Waals surface area contributed by atoms with E-state index in [4.69, 9.17) is 4.74 Å². The maximum atomic E-state index is 11.7. The van der Waals surface area contributed by atoms with Crippen molar-refractivity contribution < 1.29 is 17.9 Å². The molecule has 1 aliphatic heterocycles. The fraction of sp³-hybridized carbons (Fsp3) is 0.533. The van der Waals surface area contributed by atoms with Crippen LogP contribution in [0.1, 0.15) is 12.0 Å². The molecule has 0 aromatic heterocycles. The summed E-state index contributed by atoms with van der Waals surface area (Å²) in [6.07, 6.45) is 1.34. The van der Waals surface area contributed by atoms with Gasteiger partial charge in [0.15, 0.2) is 9.84 Å². The van der Waals surface area contributed by atoms with Gasteiger partial charge in [0.05, 0.1) is 18.6 Å². The Morgan fingerprint density at radius 2 is 2.18 bits per heavy atom. The highest BCUT2D eigenvalue weighted by Gasteiger charge is 2.27. The third-order valence-corrected chi connectivity index (χ3v) is 5.55. The molecular weight excluding hydrogens is 304 g/mol. The third-order valence-electron chi connectivity index (χ3n) is 3.71. The van der Waals surface area contributed by atoms with Crippen molar-refractivity contribution in [2.75, 3.05) is 31.7 Å². The van der Waals surface area contributed by atoms with Crippen LogP contribution >= 0.6 is 0 Å². The molecule has 0 aliphatic carbocycles. The van der Waals surface area contributed by atoms with Crippen molar-refractivity contribution in [3.8, 4) is 5.75 Å². The Kier molecular flexibility index (Phi) is 5.65. The van der Waals surface area contributed by atoms with Crippen molar-refractivity contribution >= 4 is 15.9 Å². The summed E-state index contributed by atoms with van der Waals surface area (Å²) in [5.41, 5.74) is 1.08. The molecule has 22 heavy (non-hydrogen) atoms. The minimum absolute atomic E-state index is 0.0362. The number of ether oxygens (including phenoxy) is 1. The SMILES string of the molecule is COc1cccc(CCNC(=O)NC[C@@H]2CCS(=O)(=O)C2)c1. The number of carbonyl (C=O) groups is 1. The summed E-state index contributed by atoms with van der Waals surface area (Å²) in [5.74, 6) is 1.24. The predicted octanol–water partition coefficient (Wildman–Crippen LogP) is 0.972. The molecule has 7 heteroatoms. The predicted molar refractivity (Wildman–Crippen MR) is 84.9 cm³/mol. The van der Waals surface area contributed by atoms with E-state index in [1.165, 1.54) is 0 Å². The number of benzene rings is 1. The summed E-state index contributed by atoms with van der Waals surface area (Å²) >= 11 is 0. The van der Waals surface area contributed by atoms with Crippen molar-refractivity contribution in [1.29, 1.82) is 0 Å². The van der Waals surface area contributed by atoms with Crippen molar-refractivity contribution in [2.24, 2.45) is 5.92 Å². The lowest BCUT2D eigenvalue weighted by molar-refractivity contribution is 0.239. The van der Waals surface area contributed by atoms with Crippen LogP contribution in [0.4, 0.5) is 4.79 Å². The van der Waals surface area contributed by atoms with Gasteiger partial charge in [-0.25, -0.2) is 13.2 Å². The largest absolute Gasteiger partial charge is 0.497 e. The monoisotopic (exact) mass is 326 g/mol. The van der Waals surface area contributed by atoms with Gasteiger partial charge in [-0.05, 0) is 36.5 Å². The number of hydrogen-bond acceptors (Lipinski definition) is 4. The lowest BCUT2D eigenvalue weighted by Crippen LogP contribution is -2.39. The van der Waals surface area contributed by atoms with E-state index in [2.05, 4.69) is 10.6 Å². The first-order valence-corrected chi connectivity index (χ1v) is 9.16. The molecule has 1 aromatic rings. The second-order valence-electron chi connectivity index (χ2n) is 5.51. The Morgan fingerprint density at radius 3 is 2.86 bits per heavy atom. The van der Waals surface area contributed by atoms with Crippen molar-refractivity contribution in [3.63, 3.8) is 0 Å².